The zero-order valence-electron chi connectivity index (χ0n) is 15.4. The highest BCUT2D eigenvalue weighted by Crippen LogP contribution is 2.29. The number of aryl methyl sites for hydroxylation is 2. The Bertz CT molecular complexity index is 1020. The van der Waals surface area contributed by atoms with Gasteiger partial charge in [0.05, 0.1) is 16.8 Å². The molecule has 6 nitrogen and oxygen atoms in total. The Labute approximate surface area is 154 Å². The van der Waals surface area contributed by atoms with E-state index in [-0.39, 0.29) is 11.5 Å². The van der Waals surface area contributed by atoms with Gasteiger partial charge in [-0.3, -0.25) is 0 Å². The van der Waals surface area contributed by atoms with Crippen LogP contribution in [0.25, 0.3) is 21.9 Å². The fourth-order valence-electron chi connectivity index (χ4n) is 3.31. The average Bonchev–Trinajstić information content (AvgIpc) is 2.98. The van der Waals surface area contributed by atoms with Crippen LogP contribution < -0.4 is 5.73 Å². The molecular formula is C19H26N4O2S. The van der Waals surface area contributed by atoms with Crippen LogP contribution in [0.4, 0.5) is 5.82 Å². The number of fused-ring (bicyclic) bond motifs is 3. The van der Waals surface area contributed by atoms with Crippen LogP contribution in [0.15, 0.2) is 24.3 Å². The number of benzene rings is 1. The number of aromatic nitrogens is 3. The Morgan fingerprint density at radius 1 is 1.08 bits per heavy atom. The van der Waals surface area contributed by atoms with E-state index in [0.717, 1.165) is 41.5 Å². The maximum absolute atomic E-state index is 12.2. The predicted molar refractivity (Wildman–Crippen MR) is 107 cm³/mol. The molecule has 0 saturated heterocycles. The van der Waals surface area contributed by atoms with Crippen molar-refractivity contribution in [1.82, 2.24) is 14.5 Å². The van der Waals surface area contributed by atoms with Crippen molar-refractivity contribution < 1.29 is 8.42 Å². The van der Waals surface area contributed by atoms with E-state index in [2.05, 4.69) is 11.9 Å². The molecule has 1 aromatic carbocycles. The number of imidazole rings is 1. The maximum Gasteiger partial charge on any atom is 0.152 e. The highest BCUT2D eigenvalue weighted by Gasteiger charge is 2.19. The molecule has 2 aromatic heterocycles. The molecule has 0 amide bonds. The molecule has 0 aliphatic carbocycles. The Hall–Kier alpha value is -2.15. The molecule has 0 atom stereocenters. The van der Waals surface area contributed by atoms with Gasteiger partial charge in [-0.15, -0.1) is 0 Å². The Kier molecular flexibility index (Phi) is 5.46. The van der Waals surface area contributed by atoms with Gasteiger partial charge in [-0.25, -0.2) is 18.4 Å². The normalized spacial score (nSPS) is 12.2. The molecule has 0 radical (unpaired) electrons. The number of rotatable bonds is 8. The van der Waals surface area contributed by atoms with Gasteiger partial charge < -0.3 is 10.3 Å². The minimum atomic E-state index is -3.07. The van der Waals surface area contributed by atoms with Crippen molar-refractivity contribution in [2.75, 3.05) is 17.2 Å². The number of hydrogen-bond acceptors (Lipinski definition) is 5. The van der Waals surface area contributed by atoms with E-state index < -0.39 is 9.84 Å². The Morgan fingerprint density at radius 2 is 1.85 bits per heavy atom. The molecule has 2 N–H and O–H groups in total. The summed E-state index contributed by atoms with van der Waals surface area (Å²) in [5, 5.41) is 0.958. The lowest BCUT2D eigenvalue weighted by Crippen LogP contribution is -2.17. The third-order valence-electron chi connectivity index (χ3n) is 4.58. The molecule has 0 spiro atoms. The number of sulfone groups is 1. The van der Waals surface area contributed by atoms with Crippen molar-refractivity contribution in [3.05, 3.63) is 30.1 Å². The van der Waals surface area contributed by atoms with Gasteiger partial charge in [0.25, 0.3) is 0 Å². The maximum atomic E-state index is 12.2. The van der Waals surface area contributed by atoms with Crippen LogP contribution in [-0.2, 0) is 22.8 Å². The largest absolute Gasteiger partial charge is 0.382 e. The molecule has 7 heteroatoms. The lowest BCUT2D eigenvalue weighted by atomic mass is 10.2. The number of nitrogens with two attached hydrogens (primary N) is 1. The molecule has 0 aliphatic rings. The van der Waals surface area contributed by atoms with Crippen molar-refractivity contribution in [2.45, 2.75) is 46.1 Å². The fourth-order valence-corrected chi connectivity index (χ4v) is 4.60. The first-order chi connectivity index (χ1) is 12.5. The standard InChI is InChI=1S/C19H26N4O2S/c1-3-5-10-16-22-17-18(23(16)11-13-26(24,25)12-4-2)14-8-6-7-9-15(14)21-19(17)20/h6-9H,3-5,10-13H2,1-2H3,(H2,20,21). The topological polar surface area (TPSA) is 90.9 Å². The zero-order valence-corrected chi connectivity index (χ0v) is 16.2. The quantitative estimate of drug-likeness (QED) is 0.653. The molecular weight excluding hydrogens is 348 g/mol. The van der Waals surface area contributed by atoms with Crippen LogP contribution in [0.3, 0.4) is 0 Å². The first-order valence-electron chi connectivity index (χ1n) is 9.20. The monoisotopic (exact) mass is 374 g/mol. The number of pyridine rings is 1. The highest BCUT2D eigenvalue weighted by atomic mass is 32.2. The van der Waals surface area contributed by atoms with Gasteiger partial charge in [-0.1, -0.05) is 38.5 Å². The van der Waals surface area contributed by atoms with E-state index >= 15 is 0 Å². The van der Waals surface area contributed by atoms with Crippen LogP contribution in [0.5, 0.6) is 0 Å². The first kappa shape index (κ1) is 18.6. The summed E-state index contributed by atoms with van der Waals surface area (Å²) in [6, 6.07) is 7.79. The summed E-state index contributed by atoms with van der Waals surface area (Å²) in [5.74, 6) is 1.61. The molecule has 2 heterocycles. The van der Waals surface area contributed by atoms with Crippen LogP contribution in [-0.4, -0.2) is 34.5 Å². The van der Waals surface area contributed by atoms with Crippen molar-refractivity contribution in [3.8, 4) is 0 Å². The number of nitrogen functional groups attached to an aromatic ring is 1. The summed E-state index contributed by atoms with van der Waals surface area (Å²) >= 11 is 0. The summed E-state index contributed by atoms with van der Waals surface area (Å²) in [5.41, 5.74) is 8.52. The molecule has 0 bridgehead atoms. The summed E-state index contributed by atoms with van der Waals surface area (Å²) in [6.45, 7) is 4.41. The lowest BCUT2D eigenvalue weighted by molar-refractivity contribution is 0.585. The average molecular weight is 375 g/mol. The minimum absolute atomic E-state index is 0.113. The van der Waals surface area contributed by atoms with Crippen molar-refractivity contribution in [3.63, 3.8) is 0 Å². The molecule has 26 heavy (non-hydrogen) atoms. The Balaban J connectivity index is 2.16. The minimum Gasteiger partial charge on any atom is -0.382 e. The second kappa shape index (κ2) is 7.61. The molecule has 0 fully saturated rings. The number of hydrogen-bond donors (Lipinski definition) is 1. The summed E-state index contributed by atoms with van der Waals surface area (Å²) in [7, 11) is -3.07. The van der Waals surface area contributed by atoms with Crippen molar-refractivity contribution >= 4 is 37.6 Å². The lowest BCUT2D eigenvalue weighted by Gasteiger charge is -2.11. The number of para-hydroxylation sites is 1. The van der Waals surface area contributed by atoms with Gasteiger partial charge >= 0.3 is 0 Å². The van der Waals surface area contributed by atoms with E-state index in [1.807, 2.05) is 35.8 Å². The van der Waals surface area contributed by atoms with Gasteiger partial charge in [0.1, 0.15) is 11.3 Å². The second-order valence-corrected chi connectivity index (χ2v) is 8.95. The number of nitrogens with zero attached hydrogens (tertiary/aromatic N) is 3. The SMILES string of the molecule is CCCCc1nc2c(N)nc3ccccc3c2n1CCS(=O)(=O)CCC. The summed E-state index contributed by atoms with van der Waals surface area (Å²) in [4.78, 5) is 9.19. The molecule has 0 unspecified atom stereocenters. The predicted octanol–water partition coefficient (Wildman–Crippen LogP) is 3.33. The number of anilines is 1. The van der Waals surface area contributed by atoms with Crippen molar-refractivity contribution in [1.29, 1.82) is 0 Å². The van der Waals surface area contributed by atoms with Gasteiger partial charge in [-0.05, 0) is 18.9 Å². The zero-order chi connectivity index (χ0) is 18.7. The fraction of sp³-hybridized carbons (Fsp3) is 0.474. The van der Waals surface area contributed by atoms with Gasteiger partial charge in [0.15, 0.2) is 15.7 Å². The molecule has 0 aliphatic heterocycles. The number of unbranched alkanes of at least 4 members (excludes halogenated alkanes) is 1. The molecule has 3 aromatic rings. The molecule has 0 saturated carbocycles. The second-order valence-electron chi connectivity index (χ2n) is 6.65. The first-order valence-corrected chi connectivity index (χ1v) is 11.0. The van der Waals surface area contributed by atoms with E-state index in [4.69, 9.17) is 10.7 Å². The summed E-state index contributed by atoms with van der Waals surface area (Å²) in [6.07, 6.45) is 3.48. The molecule has 140 valence electrons. The molecule has 3 rings (SSSR count). The van der Waals surface area contributed by atoms with Crippen LogP contribution in [0.1, 0.15) is 38.9 Å². The third-order valence-corrected chi connectivity index (χ3v) is 6.42. The smallest absolute Gasteiger partial charge is 0.152 e. The van der Waals surface area contributed by atoms with E-state index in [1.54, 1.807) is 0 Å². The van der Waals surface area contributed by atoms with Crippen molar-refractivity contribution in [2.24, 2.45) is 0 Å². The van der Waals surface area contributed by atoms with E-state index in [0.29, 0.717) is 24.3 Å². The summed E-state index contributed by atoms with van der Waals surface area (Å²) < 4.78 is 26.5. The van der Waals surface area contributed by atoms with Crippen LogP contribution in [0.2, 0.25) is 0 Å². The Morgan fingerprint density at radius 3 is 2.58 bits per heavy atom. The van der Waals surface area contributed by atoms with Gasteiger partial charge in [-0.2, -0.15) is 0 Å². The van der Waals surface area contributed by atoms with Gasteiger partial charge in [0.2, 0.25) is 0 Å². The van der Waals surface area contributed by atoms with E-state index in [9.17, 15) is 8.42 Å². The van der Waals surface area contributed by atoms with E-state index in [1.165, 1.54) is 0 Å². The highest BCUT2D eigenvalue weighted by molar-refractivity contribution is 7.91. The third kappa shape index (κ3) is 3.67. The van der Waals surface area contributed by atoms with Gasteiger partial charge in [0, 0.05) is 24.1 Å². The van der Waals surface area contributed by atoms with Crippen LogP contribution >= 0.6 is 0 Å². The van der Waals surface area contributed by atoms with Crippen LogP contribution in [0, 0.1) is 0 Å².